The largest absolute Gasteiger partial charge is 0.455 e. The Balaban J connectivity index is 1.71. The first-order chi connectivity index (χ1) is 12.0. The van der Waals surface area contributed by atoms with E-state index < -0.39 is 5.97 Å². The summed E-state index contributed by atoms with van der Waals surface area (Å²) in [4.78, 5) is 27.0. The minimum atomic E-state index is -0.396. The molecule has 0 aliphatic rings. The zero-order valence-corrected chi connectivity index (χ0v) is 15.3. The van der Waals surface area contributed by atoms with Gasteiger partial charge in [0.2, 0.25) is 0 Å². The Hall–Kier alpha value is -2.30. The SMILES string of the molecule is CC(C)CCCC(C)NC(=O)COC(=O)Cc1c[nH]c2ccccc12. The summed E-state index contributed by atoms with van der Waals surface area (Å²) >= 11 is 0. The molecule has 1 unspecified atom stereocenters. The van der Waals surface area contributed by atoms with Crippen molar-refractivity contribution in [2.24, 2.45) is 5.92 Å². The number of aromatic amines is 1. The zero-order chi connectivity index (χ0) is 18.2. The highest BCUT2D eigenvalue weighted by Crippen LogP contribution is 2.18. The molecule has 5 heteroatoms. The molecule has 5 nitrogen and oxygen atoms in total. The molecule has 0 spiro atoms. The molecule has 0 aliphatic heterocycles. The van der Waals surface area contributed by atoms with Gasteiger partial charge >= 0.3 is 5.97 Å². The summed E-state index contributed by atoms with van der Waals surface area (Å²) in [7, 11) is 0. The second-order valence-corrected chi connectivity index (χ2v) is 6.99. The van der Waals surface area contributed by atoms with E-state index >= 15 is 0 Å². The molecule has 1 heterocycles. The number of benzene rings is 1. The topological polar surface area (TPSA) is 71.2 Å². The van der Waals surface area contributed by atoms with E-state index in [0.717, 1.165) is 35.7 Å². The molecule has 0 aliphatic carbocycles. The lowest BCUT2D eigenvalue weighted by Crippen LogP contribution is -2.36. The van der Waals surface area contributed by atoms with Gasteiger partial charge in [-0.2, -0.15) is 0 Å². The van der Waals surface area contributed by atoms with Crippen LogP contribution in [0.25, 0.3) is 10.9 Å². The van der Waals surface area contributed by atoms with Crippen molar-refractivity contribution in [3.05, 3.63) is 36.0 Å². The highest BCUT2D eigenvalue weighted by atomic mass is 16.5. The molecule has 0 saturated carbocycles. The van der Waals surface area contributed by atoms with Crippen molar-refractivity contribution in [1.29, 1.82) is 0 Å². The number of H-pyrrole nitrogens is 1. The molecular weight excluding hydrogens is 316 g/mol. The third kappa shape index (κ3) is 6.25. The summed E-state index contributed by atoms with van der Waals surface area (Å²) < 4.78 is 5.10. The number of para-hydroxylation sites is 1. The number of esters is 1. The Morgan fingerprint density at radius 1 is 1.16 bits per heavy atom. The van der Waals surface area contributed by atoms with Crippen LogP contribution in [0.4, 0.5) is 0 Å². The summed E-state index contributed by atoms with van der Waals surface area (Å²) in [6, 6.07) is 7.88. The van der Waals surface area contributed by atoms with Crippen molar-refractivity contribution in [3.63, 3.8) is 0 Å². The van der Waals surface area contributed by atoms with Gasteiger partial charge in [0.15, 0.2) is 6.61 Å². The number of carbonyl (C=O) groups excluding carboxylic acids is 2. The fraction of sp³-hybridized carbons (Fsp3) is 0.500. The van der Waals surface area contributed by atoms with E-state index in [4.69, 9.17) is 4.74 Å². The van der Waals surface area contributed by atoms with Crippen molar-refractivity contribution in [2.45, 2.75) is 52.5 Å². The third-order valence-electron chi connectivity index (χ3n) is 4.20. The molecule has 2 rings (SSSR count). The van der Waals surface area contributed by atoms with Gasteiger partial charge < -0.3 is 15.0 Å². The van der Waals surface area contributed by atoms with Gasteiger partial charge in [0, 0.05) is 23.1 Å². The molecule has 0 radical (unpaired) electrons. The van der Waals surface area contributed by atoms with Gasteiger partial charge in [0.25, 0.3) is 5.91 Å². The van der Waals surface area contributed by atoms with Crippen molar-refractivity contribution in [3.8, 4) is 0 Å². The van der Waals surface area contributed by atoms with Crippen LogP contribution < -0.4 is 5.32 Å². The van der Waals surface area contributed by atoms with E-state index in [0.29, 0.717) is 5.92 Å². The quantitative estimate of drug-likeness (QED) is 0.683. The summed E-state index contributed by atoms with van der Waals surface area (Å²) in [5, 5.41) is 3.88. The molecule has 1 amide bonds. The van der Waals surface area contributed by atoms with Crippen LogP contribution in [0.1, 0.15) is 45.6 Å². The normalized spacial score (nSPS) is 12.3. The van der Waals surface area contributed by atoms with Crippen LogP contribution in [0.15, 0.2) is 30.5 Å². The summed E-state index contributed by atoms with van der Waals surface area (Å²) in [5.41, 5.74) is 1.86. The number of carbonyl (C=O) groups is 2. The lowest BCUT2D eigenvalue weighted by atomic mass is 10.0. The Morgan fingerprint density at radius 2 is 1.92 bits per heavy atom. The second-order valence-electron chi connectivity index (χ2n) is 6.99. The van der Waals surface area contributed by atoms with Crippen molar-refractivity contribution < 1.29 is 14.3 Å². The second kappa shape index (κ2) is 9.25. The number of nitrogens with one attached hydrogen (secondary N) is 2. The maximum atomic E-state index is 12.0. The van der Waals surface area contributed by atoms with E-state index in [2.05, 4.69) is 24.1 Å². The highest BCUT2D eigenvalue weighted by Gasteiger charge is 2.13. The maximum absolute atomic E-state index is 12.0. The number of hydrogen-bond donors (Lipinski definition) is 2. The Labute approximate surface area is 149 Å². The van der Waals surface area contributed by atoms with E-state index in [1.165, 1.54) is 0 Å². The number of ether oxygens (including phenoxy) is 1. The number of fused-ring (bicyclic) bond motifs is 1. The van der Waals surface area contributed by atoms with E-state index in [1.54, 1.807) is 0 Å². The number of aromatic nitrogens is 1. The van der Waals surface area contributed by atoms with Crippen LogP contribution in [0.2, 0.25) is 0 Å². The molecule has 25 heavy (non-hydrogen) atoms. The van der Waals surface area contributed by atoms with Gasteiger partial charge in [-0.15, -0.1) is 0 Å². The standard InChI is InChI=1S/C20H28N2O3/c1-14(2)7-6-8-15(3)22-19(23)13-25-20(24)11-16-12-21-18-10-5-4-9-17(16)18/h4-5,9-10,12,14-15,21H,6-8,11,13H2,1-3H3,(H,22,23). The van der Waals surface area contributed by atoms with E-state index in [-0.39, 0.29) is 25.0 Å². The Bertz CT molecular complexity index is 706. The number of rotatable bonds is 9. The first-order valence-corrected chi connectivity index (χ1v) is 8.95. The molecule has 136 valence electrons. The molecule has 1 atom stereocenters. The fourth-order valence-corrected chi connectivity index (χ4v) is 2.85. The average molecular weight is 344 g/mol. The van der Waals surface area contributed by atoms with Gasteiger partial charge in [-0.3, -0.25) is 9.59 Å². The summed E-state index contributed by atoms with van der Waals surface area (Å²) in [6.07, 6.45) is 5.14. The Kier molecular flexibility index (Phi) is 7.04. The molecule has 0 saturated heterocycles. The summed E-state index contributed by atoms with van der Waals surface area (Å²) in [5.74, 6) is 0.0325. The smallest absolute Gasteiger partial charge is 0.310 e. The van der Waals surface area contributed by atoms with Crippen LogP contribution in [-0.4, -0.2) is 29.5 Å². The van der Waals surface area contributed by atoms with Gasteiger partial charge in [0.05, 0.1) is 6.42 Å². The average Bonchev–Trinajstić information content (AvgIpc) is 2.96. The molecule has 2 aromatic rings. The first kappa shape index (κ1) is 19.0. The molecule has 1 aromatic carbocycles. The van der Waals surface area contributed by atoms with Crippen molar-refractivity contribution in [2.75, 3.05) is 6.61 Å². The maximum Gasteiger partial charge on any atom is 0.310 e. The molecule has 0 bridgehead atoms. The lowest BCUT2D eigenvalue weighted by Gasteiger charge is -2.14. The fourth-order valence-electron chi connectivity index (χ4n) is 2.85. The minimum absolute atomic E-state index is 0.0959. The van der Waals surface area contributed by atoms with Gasteiger partial charge in [-0.25, -0.2) is 0 Å². The molecule has 0 fully saturated rings. The van der Waals surface area contributed by atoms with Gasteiger partial charge in [-0.05, 0) is 30.9 Å². The lowest BCUT2D eigenvalue weighted by molar-refractivity contribution is -0.148. The monoisotopic (exact) mass is 344 g/mol. The van der Waals surface area contributed by atoms with Crippen LogP contribution in [0.3, 0.4) is 0 Å². The number of hydrogen-bond acceptors (Lipinski definition) is 3. The summed E-state index contributed by atoms with van der Waals surface area (Å²) in [6.45, 7) is 6.13. The van der Waals surface area contributed by atoms with Crippen LogP contribution >= 0.6 is 0 Å². The molecule has 2 N–H and O–H groups in total. The Morgan fingerprint density at radius 3 is 2.68 bits per heavy atom. The van der Waals surface area contributed by atoms with Gasteiger partial charge in [-0.1, -0.05) is 44.9 Å². The molecule has 1 aromatic heterocycles. The van der Waals surface area contributed by atoms with Crippen molar-refractivity contribution in [1.82, 2.24) is 10.3 Å². The van der Waals surface area contributed by atoms with E-state index in [1.807, 2.05) is 37.4 Å². The minimum Gasteiger partial charge on any atom is -0.455 e. The number of amides is 1. The van der Waals surface area contributed by atoms with Crippen molar-refractivity contribution >= 4 is 22.8 Å². The van der Waals surface area contributed by atoms with Gasteiger partial charge in [0.1, 0.15) is 0 Å². The molecular formula is C20H28N2O3. The first-order valence-electron chi connectivity index (χ1n) is 8.95. The van der Waals surface area contributed by atoms with E-state index in [9.17, 15) is 9.59 Å². The van der Waals surface area contributed by atoms with Crippen LogP contribution in [-0.2, 0) is 20.7 Å². The highest BCUT2D eigenvalue weighted by molar-refractivity contribution is 5.88. The third-order valence-corrected chi connectivity index (χ3v) is 4.20. The predicted octanol–water partition coefficient (Wildman–Crippen LogP) is 3.58. The van der Waals surface area contributed by atoms with Crippen LogP contribution in [0.5, 0.6) is 0 Å². The predicted molar refractivity (Wildman–Crippen MR) is 99.3 cm³/mol. The zero-order valence-electron chi connectivity index (χ0n) is 15.3. The van der Waals surface area contributed by atoms with Crippen LogP contribution in [0, 0.1) is 5.92 Å².